The molecule has 2 heteroatoms. The van der Waals surface area contributed by atoms with E-state index in [1.165, 1.54) is 32.4 Å². The van der Waals surface area contributed by atoms with Gasteiger partial charge in [-0.3, -0.25) is 0 Å². The predicted octanol–water partition coefficient (Wildman–Crippen LogP) is 2.33. The lowest BCUT2D eigenvalue weighted by atomic mass is 9.88. The van der Waals surface area contributed by atoms with Gasteiger partial charge >= 0.3 is 0 Å². The average Bonchev–Trinajstić information content (AvgIpc) is 2.16. The second-order valence-electron chi connectivity index (χ2n) is 4.87. The van der Waals surface area contributed by atoms with E-state index in [1.807, 2.05) is 0 Å². The Balaban J connectivity index is 2.14. The van der Waals surface area contributed by atoms with Gasteiger partial charge < -0.3 is 9.69 Å². The first-order valence-electron chi connectivity index (χ1n) is 5.88. The molecule has 1 aliphatic rings. The van der Waals surface area contributed by atoms with E-state index in [4.69, 9.17) is 0 Å². The number of carbonyl (C=O) groups excluding carboxylic acids is 1. The van der Waals surface area contributed by atoms with Gasteiger partial charge in [0.05, 0.1) is 0 Å². The summed E-state index contributed by atoms with van der Waals surface area (Å²) in [5.74, 6) is 1.77. The molecule has 1 fully saturated rings. The molecule has 0 aromatic rings. The van der Waals surface area contributed by atoms with Crippen molar-refractivity contribution < 1.29 is 4.79 Å². The van der Waals surface area contributed by atoms with Crippen molar-refractivity contribution in [2.45, 2.75) is 39.5 Å². The van der Waals surface area contributed by atoms with E-state index in [0.29, 0.717) is 6.42 Å². The van der Waals surface area contributed by atoms with Crippen LogP contribution in [0.25, 0.3) is 0 Å². The Morgan fingerprint density at radius 3 is 2.50 bits per heavy atom. The molecule has 82 valence electrons. The largest absolute Gasteiger partial charge is 0.303 e. The third-order valence-corrected chi connectivity index (χ3v) is 3.08. The van der Waals surface area contributed by atoms with Crippen molar-refractivity contribution in [1.82, 2.24) is 4.90 Å². The summed E-state index contributed by atoms with van der Waals surface area (Å²) in [5.41, 5.74) is 0. The second kappa shape index (κ2) is 6.18. The minimum absolute atomic E-state index is 0.703. The minimum atomic E-state index is 0.703. The van der Waals surface area contributed by atoms with Crippen LogP contribution >= 0.6 is 0 Å². The van der Waals surface area contributed by atoms with Gasteiger partial charge in [-0.05, 0) is 44.2 Å². The van der Waals surface area contributed by atoms with Crippen molar-refractivity contribution in [2.75, 3.05) is 19.6 Å². The zero-order valence-corrected chi connectivity index (χ0v) is 9.54. The fourth-order valence-corrected chi connectivity index (χ4v) is 2.35. The quantitative estimate of drug-likeness (QED) is 0.630. The molecule has 0 saturated carbocycles. The number of carbonyl (C=O) groups is 1. The Hall–Kier alpha value is -0.370. The highest BCUT2D eigenvalue weighted by Crippen LogP contribution is 2.23. The van der Waals surface area contributed by atoms with Crippen molar-refractivity contribution in [3.63, 3.8) is 0 Å². The van der Waals surface area contributed by atoms with Crippen molar-refractivity contribution >= 4 is 6.29 Å². The third-order valence-electron chi connectivity index (χ3n) is 3.08. The molecule has 0 spiro atoms. The number of aldehydes is 1. The maximum atomic E-state index is 10.2. The highest BCUT2D eigenvalue weighted by Gasteiger charge is 2.19. The summed E-state index contributed by atoms with van der Waals surface area (Å²) in [6, 6.07) is 0. The van der Waals surface area contributed by atoms with E-state index in [1.54, 1.807) is 0 Å². The van der Waals surface area contributed by atoms with E-state index in [-0.39, 0.29) is 0 Å². The Labute approximate surface area is 87.7 Å². The normalized spacial score (nSPS) is 20.2. The Morgan fingerprint density at radius 1 is 1.36 bits per heavy atom. The van der Waals surface area contributed by atoms with Crippen LogP contribution < -0.4 is 0 Å². The van der Waals surface area contributed by atoms with Gasteiger partial charge in [0, 0.05) is 13.0 Å². The summed E-state index contributed by atoms with van der Waals surface area (Å²) in [5, 5.41) is 0. The van der Waals surface area contributed by atoms with Gasteiger partial charge in [-0.25, -0.2) is 0 Å². The number of hydrogen-bond acceptors (Lipinski definition) is 2. The van der Waals surface area contributed by atoms with Crippen LogP contribution in [0, 0.1) is 11.8 Å². The van der Waals surface area contributed by atoms with Crippen LogP contribution in [-0.4, -0.2) is 30.8 Å². The van der Waals surface area contributed by atoms with Crippen LogP contribution in [0.1, 0.15) is 39.5 Å². The number of hydrogen-bond donors (Lipinski definition) is 0. The standard InChI is InChI=1S/C12H23NO/c1-11(2)10-12-4-7-13(8-5-12)6-3-9-14/h9,11-12H,3-8,10H2,1-2H3. The van der Waals surface area contributed by atoms with Gasteiger partial charge in [0.2, 0.25) is 0 Å². The van der Waals surface area contributed by atoms with Crippen LogP contribution in [0.3, 0.4) is 0 Å². The minimum Gasteiger partial charge on any atom is -0.303 e. The van der Waals surface area contributed by atoms with Gasteiger partial charge in [0.25, 0.3) is 0 Å². The highest BCUT2D eigenvalue weighted by molar-refractivity contribution is 5.49. The topological polar surface area (TPSA) is 20.3 Å². The maximum absolute atomic E-state index is 10.2. The van der Waals surface area contributed by atoms with Crippen LogP contribution in [-0.2, 0) is 4.79 Å². The van der Waals surface area contributed by atoms with E-state index in [9.17, 15) is 4.79 Å². The first-order valence-corrected chi connectivity index (χ1v) is 5.88. The van der Waals surface area contributed by atoms with Gasteiger partial charge in [-0.2, -0.15) is 0 Å². The summed E-state index contributed by atoms with van der Waals surface area (Å²) in [6.45, 7) is 7.98. The molecule has 0 atom stereocenters. The third kappa shape index (κ3) is 4.23. The fourth-order valence-electron chi connectivity index (χ4n) is 2.35. The summed E-state index contributed by atoms with van der Waals surface area (Å²) >= 11 is 0. The van der Waals surface area contributed by atoms with Crippen molar-refractivity contribution in [2.24, 2.45) is 11.8 Å². The molecule has 0 amide bonds. The molecule has 1 rings (SSSR count). The second-order valence-corrected chi connectivity index (χ2v) is 4.87. The first kappa shape index (κ1) is 11.7. The fraction of sp³-hybridized carbons (Fsp3) is 0.917. The molecule has 0 aromatic carbocycles. The highest BCUT2D eigenvalue weighted by atomic mass is 16.1. The number of nitrogens with zero attached hydrogens (tertiary/aromatic N) is 1. The van der Waals surface area contributed by atoms with Gasteiger partial charge in [-0.1, -0.05) is 13.8 Å². The molecule has 0 radical (unpaired) electrons. The zero-order chi connectivity index (χ0) is 10.4. The van der Waals surface area contributed by atoms with E-state index >= 15 is 0 Å². The van der Waals surface area contributed by atoms with Crippen molar-refractivity contribution in [1.29, 1.82) is 0 Å². The maximum Gasteiger partial charge on any atom is 0.121 e. The first-order chi connectivity index (χ1) is 6.72. The summed E-state index contributed by atoms with van der Waals surface area (Å²) in [7, 11) is 0. The molecule has 14 heavy (non-hydrogen) atoms. The lowest BCUT2D eigenvalue weighted by Crippen LogP contribution is -2.34. The lowest BCUT2D eigenvalue weighted by Gasteiger charge is -2.32. The van der Waals surface area contributed by atoms with Gasteiger partial charge in [0.1, 0.15) is 6.29 Å². The molecule has 0 N–H and O–H groups in total. The molecule has 2 nitrogen and oxygen atoms in total. The van der Waals surface area contributed by atoms with Crippen LogP contribution in [0.2, 0.25) is 0 Å². The average molecular weight is 197 g/mol. The number of piperidine rings is 1. The molecular formula is C12H23NO. The Kier molecular flexibility index (Phi) is 5.16. The van der Waals surface area contributed by atoms with Crippen molar-refractivity contribution in [3.05, 3.63) is 0 Å². The molecule has 0 aliphatic carbocycles. The molecule has 0 aromatic heterocycles. The number of likely N-dealkylation sites (tertiary alicyclic amines) is 1. The SMILES string of the molecule is CC(C)CC1CCN(CCC=O)CC1. The Morgan fingerprint density at radius 2 is 2.00 bits per heavy atom. The van der Waals surface area contributed by atoms with Crippen LogP contribution in [0.4, 0.5) is 0 Å². The lowest BCUT2D eigenvalue weighted by molar-refractivity contribution is -0.108. The van der Waals surface area contributed by atoms with E-state index in [0.717, 1.165) is 24.7 Å². The van der Waals surface area contributed by atoms with Gasteiger partial charge in [0.15, 0.2) is 0 Å². The molecule has 0 bridgehead atoms. The van der Waals surface area contributed by atoms with E-state index in [2.05, 4.69) is 18.7 Å². The summed E-state index contributed by atoms with van der Waals surface area (Å²) in [4.78, 5) is 12.7. The molecule has 1 aliphatic heterocycles. The predicted molar refractivity (Wildman–Crippen MR) is 59.3 cm³/mol. The molecule has 1 saturated heterocycles. The molecular weight excluding hydrogens is 174 g/mol. The number of rotatable bonds is 5. The molecule has 1 heterocycles. The summed E-state index contributed by atoms with van der Waals surface area (Å²) < 4.78 is 0. The monoisotopic (exact) mass is 197 g/mol. The van der Waals surface area contributed by atoms with Crippen LogP contribution in [0.15, 0.2) is 0 Å². The Bertz CT molecular complexity index is 160. The molecule has 0 unspecified atom stereocenters. The summed E-state index contributed by atoms with van der Waals surface area (Å²) in [6.07, 6.45) is 5.77. The van der Waals surface area contributed by atoms with Gasteiger partial charge in [-0.15, -0.1) is 0 Å². The smallest absolute Gasteiger partial charge is 0.121 e. The van der Waals surface area contributed by atoms with Crippen LogP contribution in [0.5, 0.6) is 0 Å². The van der Waals surface area contributed by atoms with Crippen molar-refractivity contribution in [3.8, 4) is 0 Å². The zero-order valence-electron chi connectivity index (χ0n) is 9.54. The van der Waals surface area contributed by atoms with E-state index < -0.39 is 0 Å².